The Morgan fingerprint density at radius 3 is 2.80 bits per heavy atom. The summed E-state index contributed by atoms with van der Waals surface area (Å²) in [6.45, 7) is 0.502. The second-order valence-electron chi connectivity index (χ2n) is 8.71. The van der Waals surface area contributed by atoms with Crippen molar-refractivity contribution in [3.8, 4) is 11.3 Å². The van der Waals surface area contributed by atoms with Gasteiger partial charge in [-0.2, -0.15) is 5.10 Å². The van der Waals surface area contributed by atoms with Crippen molar-refractivity contribution in [2.24, 2.45) is 7.05 Å². The molecule has 0 aliphatic heterocycles. The maximum Gasteiger partial charge on any atom is 0.253 e. The highest BCUT2D eigenvalue weighted by Gasteiger charge is 2.25. The van der Waals surface area contributed by atoms with Crippen LogP contribution >= 0.6 is 11.6 Å². The average Bonchev–Trinajstić information content (AvgIpc) is 3.36. The predicted octanol–water partition coefficient (Wildman–Crippen LogP) is 4.58. The highest BCUT2D eigenvalue weighted by Crippen LogP contribution is 2.31. The van der Waals surface area contributed by atoms with Gasteiger partial charge in [-0.15, -0.1) is 0 Å². The lowest BCUT2D eigenvalue weighted by Gasteiger charge is -2.12. The molecular weight excluding hydrogens is 469 g/mol. The van der Waals surface area contributed by atoms with E-state index in [1.807, 2.05) is 23.7 Å². The number of fused-ring (bicyclic) bond motifs is 3. The van der Waals surface area contributed by atoms with E-state index in [1.54, 1.807) is 35.3 Å². The van der Waals surface area contributed by atoms with Gasteiger partial charge in [-0.1, -0.05) is 17.7 Å². The number of halogens is 2. The van der Waals surface area contributed by atoms with E-state index >= 15 is 0 Å². The van der Waals surface area contributed by atoms with E-state index in [2.05, 4.69) is 20.7 Å². The van der Waals surface area contributed by atoms with E-state index in [1.165, 1.54) is 12.1 Å². The molecule has 0 bridgehead atoms. The van der Waals surface area contributed by atoms with Crippen LogP contribution in [0.15, 0.2) is 55.0 Å². The molecule has 0 radical (unpaired) electrons. The fraction of sp³-hybridized carbons (Fsp3) is 0.200. The Kier molecular flexibility index (Phi) is 5.14. The van der Waals surface area contributed by atoms with E-state index in [0.717, 1.165) is 24.0 Å². The van der Waals surface area contributed by atoms with E-state index in [9.17, 15) is 9.18 Å². The number of benzene rings is 2. The van der Waals surface area contributed by atoms with Crippen molar-refractivity contribution in [1.29, 1.82) is 0 Å². The van der Waals surface area contributed by atoms with Crippen LogP contribution in [0, 0.1) is 5.82 Å². The SMILES string of the molecule is Cn1cc(CNc2nc3ccc(F)cc3n3c(-c4ccc(C(=O)NC5CC5)c(Cl)c4)cnc23)cn1. The molecule has 0 atom stereocenters. The van der Waals surface area contributed by atoms with Crippen LogP contribution in [0.25, 0.3) is 27.9 Å². The molecule has 10 heteroatoms. The first-order chi connectivity index (χ1) is 17.0. The summed E-state index contributed by atoms with van der Waals surface area (Å²) in [5.74, 6) is 0.00740. The van der Waals surface area contributed by atoms with Gasteiger partial charge >= 0.3 is 0 Å². The van der Waals surface area contributed by atoms with Crippen molar-refractivity contribution in [3.05, 3.63) is 77.0 Å². The summed E-state index contributed by atoms with van der Waals surface area (Å²) in [4.78, 5) is 21.8. The summed E-state index contributed by atoms with van der Waals surface area (Å²) in [6.07, 6.45) is 7.39. The molecular formula is C25H21ClFN7O. The van der Waals surface area contributed by atoms with Gasteiger partial charge < -0.3 is 10.6 Å². The zero-order valence-electron chi connectivity index (χ0n) is 18.8. The first-order valence-electron chi connectivity index (χ1n) is 11.2. The summed E-state index contributed by atoms with van der Waals surface area (Å²) in [5.41, 5.74) is 4.61. The third-order valence-electron chi connectivity index (χ3n) is 6.02. The molecule has 0 spiro atoms. The fourth-order valence-electron chi connectivity index (χ4n) is 4.12. The monoisotopic (exact) mass is 489 g/mol. The zero-order chi connectivity index (χ0) is 24.1. The van der Waals surface area contributed by atoms with Crippen molar-refractivity contribution >= 4 is 40.0 Å². The summed E-state index contributed by atoms with van der Waals surface area (Å²) in [7, 11) is 1.86. The van der Waals surface area contributed by atoms with Crippen LogP contribution in [0.5, 0.6) is 0 Å². The van der Waals surface area contributed by atoms with Crippen LogP contribution in [-0.4, -0.2) is 36.1 Å². The Hall–Kier alpha value is -3.98. The van der Waals surface area contributed by atoms with Crippen LogP contribution < -0.4 is 10.6 Å². The molecule has 3 aromatic heterocycles. The Morgan fingerprint density at radius 2 is 2.06 bits per heavy atom. The summed E-state index contributed by atoms with van der Waals surface area (Å²) < 4.78 is 17.8. The van der Waals surface area contributed by atoms with Gasteiger partial charge in [-0.3, -0.25) is 13.9 Å². The summed E-state index contributed by atoms with van der Waals surface area (Å²) in [6, 6.07) is 9.97. The Labute approximate surface area is 204 Å². The molecule has 1 aliphatic rings. The minimum atomic E-state index is -0.374. The van der Waals surface area contributed by atoms with Crippen LogP contribution in [0.1, 0.15) is 28.8 Å². The standard InChI is InChI=1S/C25H21ClFN7O/c1-33-13-14(11-30-33)10-28-23-24-29-12-22(34(24)21-9-16(27)3-7-20(21)32-23)15-2-6-18(19(26)8-15)25(35)31-17-4-5-17/h2-3,6-9,11-13,17H,4-5,10H2,1H3,(H,28,32)(H,31,35). The van der Waals surface area contributed by atoms with Crippen molar-refractivity contribution in [2.75, 3.05) is 5.32 Å². The number of nitrogens with zero attached hydrogens (tertiary/aromatic N) is 5. The van der Waals surface area contributed by atoms with Gasteiger partial charge in [-0.25, -0.2) is 14.4 Å². The number of anilines is 1. The number of carbonyl (C=O) groups excluding carboxylic acids is 1. The molecule has 8 nitrogen and oxygen atoms in total. The van der Waals surface area contributed by atoms with Gasteiger partial charge in [0.15, 0.2) is 11.5 Å². The second kappa shape index (κ2) is 8.35. The van der Waals surface area contributed by atoms with Gasteiger partial charge in [0.05, 0.1) is 39.7 Å². The van der Waals surface area contributed by atoms with Crippen LogP contribution in [0.4, 0.5) is 10.2 Å². The third kappa shape index (κ3) is 4.08. The third-order valence-corrected chi connectivity index (χ3v) is 6.34. The van der Waals surface area contributed by atoms with Crippen molar-refractivity contribution < 1.29 is 9.18 Å². The minimum absolute atomic E-state index is 0.180. The minimum Gasteiger partial charge on any atom is -0.363 e. The highest BCUT2D eigenvalue weighted by molar-refractivity contribution is 6.34. The topological polar surface area (TPSA) is 89.1 Å². The molecule has 176 valence electrons. The van der Waals surface area contributed by atoms with E-state index in [-0.39, 0.29) is 17.8 Å². The Morgan fingerprint density at radius 1 is 1.20 bits per heavy atom. The van der Waals surface area contributed by atoms with E-state index < -0.39 is 0 Å². The molecule has 2 N–H and O–H groups in total. The number of nitrogens with one attached hydrogen (secondary N) is 2. The number of aryl methyl sites for hydroxylation is 1. The molecule has 3 heterocycles. The molecule has 0 unspecified atom stereocenters. The van der Waals surface area contributed by atoms with Gasteiger partial charge in [0.1, 0.15) is 5.82 Å². The normalized spacial score (nSPS) is 13.5. The lowest BCUT2D eigenvalue weighted by molar-refractivity contribution is 0.0951. The van der Waals surface area contributed by atoms with Gasteiger partial charge in [-0.05, 0) is 37.1 Å². The zero-order valence-corrected chi connectivity index (χ0v) is 19.6. The number of aromatic nitrogens is 5. The van der Waals surface area contributed by atoms with E-state index in [4.69, 9.17) is 16.6 Å². The average molecular weight is 490 g/mol. The Balaban J connectivity index is 1.44. The second-order valence-corrected chi connectivity index (χ2v) is 9.12. The number of carbonyl (C=O) groups is 1. The van der Waals surface area contributed by atoms with Crippen LogP contribution in [0.2, 0.25) is 5.02 Å². The first kappa shape index (κ1) is 21.5. The number of rotatable bonds is 6. The van der Waals surface area contributed by atoms with Crippen molar-refractivity contribution in [1.82, 2.24) is 29.5 Å². The lowest BCUT2D eigenvalue weighted by atomic mass is 10.1. The van der Waals surface area contributed by atoms with Crippen LogP contribution in [0.3, 0.4) is 0 Å². The van der Waals surface area contributed by atoms with Crippen LogP contribution in [-0.2, 0) is 13.6 Å². The largest absolute Gasteiger partial charge is 0.363 e. The van der Waals surface area contributed by atoms with Gasteiger partial charge in [0, 0.05) is 43.0 Å². The van der Waals surface area contributed by atoms with Crippen molar-refractivity contribution in [2.45, 2.75) is 25.4 Å². The highest BCUT2D eigenvalue weighted by atomic mass is 35.5. The van der Waals surface area contributed by atoms with E-state index in [0.29, 0.717) is 45.3 Å². The molecule has 2 aromatic carbocycles. The van der Waals surface area contributed by atoms with Crippen molar-refractivity contribution in [3.63, 3.8) is 0 Å². The van der Waals surface area contributed by atoms with Gasteiger partial charge in [0.25, 0.3) is 5.91 Å². The van der Waals surface area contributed by atoms with Gasteiger partial charge in [0.2, 0.25) is 0 Å². The predicted molar refractivity (Wildman–Crippen MR) is 132 cm³/mol. The quantitative estimate of drug-likeness (QED) is 0.364. The molecule has 1 saturated carbocycles. The smallest absolute Gasteiger partial charge is 0.253 e. The fourth-order valence-corrected chi connectivity index (χ4v) is 4.39. The number of imidazole rings is 1. The number of amides is 1. The molecule has 1 fully saturated rings. The molecule has 0 saturated heterocycles. The number of hydrogen-bond donors (Lipinski definition) is 2. The molecule has 1 amide bonds. The lowest BCUT2D eigenvalue weighted by Crippen LogP contribution is -2.25. The first-order valence-corrected chi connectivity index (χ1v) is 11.6. The Bertz CT molecular complexity index is 1600. The molecule has 5 aromatic rings. The number of hydrogen-bond acceptors (Lipinski definition) is 5. The molecule has 35 heavy (non-hydrogen) atoms. The molecule has 6 rings (SSSR count). The maximum absolute atomic E-state index is 14.2. The summed E-state index contributed by atoms with van der Waals surface area (Å²) >= 11 is 6.51. The maximum atomic E-state index is 14.2. The molecule has 1 aliphatic carbocycles. The summed E-state index contributed by atoms with van der Waals surface area (Å²) in [5, 5.41) is 10.8.